The smallest absolute Gasteiger partial charge is 0.257 e. The maximum atomic E-state index is 12.3. The first-order valence-electron chi connectivity index (χ1n) is 8.47. The molecule has 1 heterocycles. The molecule has 0 aromatic heterocycles. The minimum absolute atomic E-state index is 0.0234. The van der Waals surface area contributed by atoms with Crippen molar-refractivity contribution in [1.29, 1.82) is 0 Å². The van der Waals surface area contributed by atoms with Gasteiger partial charge in [-0.05, 0) is 61.1 Å². The van der Waals surface area contributed by atoms with Gasteiger partial charge in [-0.1, -0.05) is 6.92 Å². The van der Waals surface area contributed by atoms with Gasteiger partial charge < -0.3 is 20.1 Å². The maximum Gasteiger partial charge on any atom is 0.257 e. The summed E-state index contributed by atoms with van der Waals surface area (Å²) < 4.78 is 10.5. The Labute approximate surface area is 162 Å². The zero-order chi connectivity index (χ0) is 19.2. The Kier molecular flexibility index (Phi) is 5.87. The minimum atomic E-state index is -0.353. The number of hydrogen-bond donors (Lipinski definition) is 3. The molecule has 0 bridgehead atoms. The minimum Gasteiger partial charge on any atom is -0.454 e. The van der Waals surface area contributed by atoms with Gasteiger partial charge in [0, 0.05) is 23.4 Å². The predicted molar refractivity (Wildman–Crippen MR) is 106 cm³/mol. The van der Waals surface area contributed by atoms with E-state index in [1.807, 2.05) is 6.92 Å². The van der Waals surface area contributed by atoms with Gasteiger partial charge in [-0.3, -0.25) is 14.9 Å². The first kappa shape index (κ1) is 18.7. The van der Waals surface area contributed by atoms with E-state index in [9.17, 15) is 9.59 Å². The van der Waals surface area contributed by atoms with Crippen molar-refractivity contribution in [3.63, 3.8) is 0 Å². The van der Waals surface area contributed by atoms with Crippen LogP contribution in [-0.4, -0.2) is 23.7 Å². The van der Waals surface area contributed by atoms with Gasteiger partial charge in [-0.2, -0.15) is 0 Å². The average molecular weight is 385 g/mol. The molecule has 7 nitrogen and oxygen atoms in total. The van der Waals surface area contributed by atoms with Crippen LogP contribution in [0, 0.1) is 0 Å². The Morgan fingerprint density at radius 3 is 2.37 bits per heavy atom. The van der Waals surface area contributed by atoms with Crippen molar-refractivity contribution in [3.05, 3.63) is 48.0 Å². The van der Waals surface area contributed by atoms with Crippen molar-refractivity contribution in [2.45, 2.75) is 19.8 Å². The van der Waals surface area contributed by atoms with E-state index >= 15 is 0 Å². The van der Waals surface area contributed by atoms with Crippen LogP contribution in [0.5, 0.6) is 11.5 Å². The molecule has 140 valence electrons. The quantitative estimate of drug-likeness (QED) is 0.685. The highest BCUT2D eigenvalue weighted by atomic mass is 32.1. The zero-order valence-corrected chi connectivity index (χ0v) is 15.5. The van der Waals surface area contributed by atoms with Crippen LogP contribution in [0.25, 0.3) is 0 Å². The lowest BCUT2D eigenvalue weighted by Crippen LogP contribution is -2.34. The SMILES string of the molecule is CCCC(=O)Nc1ccc(NC(=S)NC(=O)c2ccc3c(c2)OCO3)cc1. The Hall–Kier alpha value is -3.13. The number of ether oxygens (including phenoxy) is 2. The zero-order valence-electron chi connectivity index (χ0n) is 14.7. The lowest BCUT2D eigenvalue weighted by Gasteiger charge is -2.11. The fourth-order valence-electron chi connectivity index (χ4n) is 2.46. The maximum absolute atomic E-state index is 12.3. The van der Waals surface area contributed by atoms with E-state index in [1.54, 1.807) is 42.5 Å². The van der Waals surface area contributed by atoms with Crippen molar-refractivity contribution in [3.8, 4) is 11.5 Å². The Morgan fingerprint density at radius 2 is 1.67 bits per heavy atom. The van der Waals surface area contributed by atoms with Gasteiger partial charge in [-0.15, -0.1) is 0 Å². The molecule has 0 atom stereocenters. The third kappa shape index (κ3) is 4.95. The normalized spacial score (nSPS) is 11.6. The summed E-state index contributed by atoms with van der Waals surface area (Å²) in [5.74, 6) is 0.763. The third-order valence-corrected chi connectivity index (χ3v) is 3.97. The highest BCUT2D eigenvalue weighted by molar-refractivity contribution is 7.80. The number of carbonyl (C=O) groups is 2. The molecule has 2 aromatic rings. The molecule has 3 N–H and O–H groups in total. The van der Waals surface area contributed by atoms with Crippen LogP contribution in [0.1, 0.15) is 30.1 Å². The van der Waals surface area contributed by atoms with Crippen molar-refractivity contribution in [2.24, 2.45) is 0 Å². The molecular weight excluding hydrogens is 366 g/mol. The molecule has 0 saturated heterocycles. The Morgan fingerprint density at radius 1 is 1.00 bits per heavy atom. The largest absolute Gasteiger partial charge is 0.454 e. The number of hydrogen-bond acceptors (Lipinski definition) is 5. The summed E-state index contributed by atoms with van der Waals surface area (Å²) in [6, 6.07) is 12.0. The number of anilines is 2. The molecule has 2 aromatic carbocycles. The number of rotatable bonds is 5. The first-order valence-corrected chi connectivity index (χ1v) is 8.88. The van der Waals surface area contributed by atoms with Crippen LogP contribution < -0.4 is 25.4 Å². The second-order valence-corrected chi connectivity index (χ2v) is 6.26. The summed E-state index contributed by atoms with van der Waals surface area (Å²) in [4.78, 5) is 23.9. The number of thiocarbonyl (C=S) groups is 1. The summed E-state index contributed by atoms with van der Waals surface area (Å²) in [5.41, 5.74) is 1.81. The fourth-order valence-corrected chi connectivity index (χ4v) is 2.67. The number of benzene rings is 2. The van der Waals surface area contributed by atoms with Gasteiger partial charge >= 0.3 is 0 Å². The molecule has 0 radical (unpaired) electrons. The lowest BCUT2D eigenvalue weighted by atomic mass is 10.2. The third-order valence-electron chi connectivity index (χ3n) is 3.77. The van der Waals surface area contributed by atoms with Crippen molar-refractivity contribution in [2.75, 3.05) is 17.4 Å². The molecule has 0 fully saturated rings. The van der Waals surface area contributed by atoms with Crippen LogP contribution in [0.15, 0.2) is 42.5 Å². The summed E-state index contributed by atoms with van der Waals surface area (Å²) in [7, 11) is 0. The molecule has 0 spiro atoms. The number of carbonyl (C=O) groups excluding carboxylic acids is 2. The van der Waals surface area contributed by atoms with E-state index in [0.29, 0.717) is 34.9 Å². The van der Waals surface area contributed by atoms with Crippen molar-refractivity contribution >= 4 is 40.5 Å². The van der Waals surface area contributed by atoms with Crippen LogP contribution in [0.3, 0.4) is 0 Å². The summed E-state index contributed by atoms with van der Waals surface area (Å²) >= 11 is 5.18. The monoisotopic (exact) mass is 385 g/mol. The number of fused-ring (bicyclic) bond motifs is 1. The Balaban J connectivity index is 1.54. The highest BCUT2D eigenvalue weighted by Gasteiger charge is 2.16. The van der Waals surface area contributed by atoms with E-state index < -0.39 is 0 Å². The van der Waals surface area contributed by atoms with E-state index in [1.165, 1.54) is 0 Å². The summed E-state index contributed by atoms with van der Waals surface area (Å²) in [5, 5.41) is 8.52. The fraction of sp³-hybridized carbons (Fsp3) is 0.211. The topological polar surface area (TPSA) is 88.7 Å². The first-order chi connectivity index (χ1) is 13.0. The van der Waals surface area contributed by atoms with Gasteiger partial charge in [0.1, 0.15) is 0 Å². The van der Waals surface area contributed by atoms with Gasteiger partial charge in [0.05, 0.1) is 0 Å². The molecule has 1 aliphatic rings. The van der Waals surface area contributed by atoms with Gasteiger partial charge in [0.15, 0.2) is 16.6 Å². The highest BCUT2D eigenvalue weighted by Crippen LogP contribution is 2.32. The lowest BCUT2D eigenvalue weighted by molar-refractivity contribution is -0.116. The standard InChI is InChI=1S/C19H19N3O4S/c1-2-3-17(23)20-13-5-7-14(8-6-13)21-19(27)22-18(24)12-4-9-15-16(10-12)26-11-25-15/h4-10H,2-3,11H2,1H3,(H,20,23)(H2,21,22,24,27). The van der Waals surface area contributed by atoms with E-state index in [2.05, 4.69) is 16.0 Å². The summed E-state index contributed by atoms with van der Waals surface area (Å²) in [6.07, 6.45) is 1.28. The predicted octanol–water partition coefficient (Wildman–Crippen LogP) is 3.28. The molecular formula is C19H19N3O4S. The van der Waals surface area contributed by atoms with Gasteiger partial charge in [-0.25, -0.2) is 0 Å². The molecule has 1 aliphatic heterocycles. The molecule has 27 heavy (non-hydrogen) atoms. The molecule has 8 heteroatoms. The van der Waals surface area contributed by atoms with Crippen molar-refractivity contribution < 1.29 is 19.1 Å². The van der Waals surface area contributed by atoms with Gasteiger partial charge in [0.2, 0.25) is 12.7 Å². The van der Waals surface area contributed by atoms with Crippen LogP contribution >= 0.6 is 12.2 Å². The molecule has 0 aliphatic carbocycles. The van der Waals surface area contributed by atoms with E-state index in [-0.39, 0.29) is 23.7 Å². The second kappa shape index (κ2) is 8.50. The number of amides is 2. The average Bonchev–Trinajstić information content (AvgIpc) is 3.11. The van der Waals surface area contributed by atoms with Gasteiger partial charge in [0.25, 0.3) is 5.91 Å². The van der Waals surface area contributed by atoms with Crippen molar-refractivity contribution in [1.82, 2.24) is 5.32 Å². The van der Waals surface area contributed by atoms with E-state index in [4.69, 9.17) is 21.7 Å². The van der Waals surface area contributed by atoms with E-state index in [0.717, 1.165) is 6.42 Å². The molecule has 3 rings (SSSR count). The number of nitrogens with one attached hydrogen (secondary N) is 3. The molecule has 0 saturated carbocycles. The molecule has 2 amide bonds. The summed E-state index contributed by atoms with van der Waals surface area (Å²) in [6.45, 7) is 2.10. The Bertz CT molecular complexity index is 868. The van der Waals surface area contributed by atoms with Crippen LogP contribution in [-0.2, 0) is 4.79 Å². The molecule has 0 unspecified atom stereocenters. The van der Waals surface area contributed by atoms with Crippen LogP contribution in [0.2, 0.25) is 0 Å². The second-order valence-electron chi connectivity index (χ2n) is 5.85. The van der Waals surface area contributed by atoms with Crippen LogP contribution in [0.4, 0.5) is 11.4 Å².